The number of benzene rings is 1. The van der Waals surface area contributed by atoms with E-state index in [1.165, 1.54) is 12.1 Å². The number of fused-ring (bicyclic) bond motifs is 1. The van der Waals surface area contributed by atoms with Gasteiger partial charge < -0.3 is 20.1 Å². The lowest BCUT2D eigenvalue weighted by atomic mass is 10.1. The Morgan fingerprint density at radius 1 is 1.43 bits per heavy atom. The molecule has 1 aromatic rings. The third-order valence-corrected chi connectivity index (χ3v) is 2.93. The van der Waals surface area contributed by atoms with E-state index < -0.39 is 0 Å². The summed E-state index contributed by atoms with van der Waals surface area (Å²) < 4.78 is 24.3. The summed E-state index contributed by atoms with van der Waals surface area (Å²) >= 11 is 0. The summed E-state index contributed by atoms with van der Waals surface area (Å²) in [5.74, 6) is 1.10. The van der Waals surface area contributed by atoms with E-state index in [1.54, 1.807) is 0 Å². The molecule has 0 bridgehead atoms. The smallest absolute Gasteiger partial charge is 0.191 e. The second-order valence-electron chi connectivity index (χ2n) is 5.16. The van der Waals surface area contributed by atoms with Crippen molar-refractivity contribution >= 4 is 5.96 Å². The minimum absolute atomic E-state index is 0.194. The molecular weight excluding hydrogens is 273 g/mol. The average molecular weight is 295 g/mol. The second kappa shape index (κ2) is 7.26. The first kappa shape index (κ1) is 15.6. The number of halogens is 1. The molecule has 2 rings (SSSR count). The van der Waals surface area contributed by atoms with E-state index in [0.29, 0.717) is 24.9 Å². The van der Waals surface area contributed by atoms with Crippen molar-refractivity contribution in [2.75, 3.05) is 13.3 Å². The maximum absolute atomic E-state index is 13.6. The van der Waals surface area contributed by atoms with Gasteiger partial charge in [0, 0.05) is 23.7 Å². The van der Waals surface area contributed by atoms with Crippen LogP contribution in [0.5, 0.6) is 5.75 Å². The number of aliphatic imine (C=N–C) groups is 1. The molecule has 21 heavy (non-hydrogen) atoms. The molecule has 1 aromatic carbocycles. The molecule has 0 fully saturated rings. The highest BCUT2D eigenvalue weighted by molar-refractivity contribution is 5.80. The monoisotopic (exact) mass is 295 g/mol. The van der Waals surface area contributed by atoms with Gasteiger partial charge in [0.2, 0.25) is 0 Å². The van der Waals surface area contributed by atoms with Gasteiger partial charge in [0.05, 0.1) is 13.2 Å². The third-order valence-electron chi connectivity index (χ3n) is 2.93. The molecule has 0 saturated heterocycles. The number of nitrogens with one attached hydrogen (secondary N) is 2. The van der Waals surface area contributed by atoms with Crippen molar-refractivity contribution in [3.05, 3.63) is 29.1 Å². The highest BCUT2D eigenvalue weighted by atomic mass is 19.1. The van der Waals surface area contributed by atoms with Crippen LogP contribution in [0.15, 0.2) is 17.1 Å². The first-order valence-electron chi connectivity index (χ1n) is 7.16. The molecule has 0 amide bonds. The minimum atomic E-state index is -0.296. The summed E-state index contributed by atoms with van der Waals surface area (Å²) in [7, 11) is 0. The molecule has 1 aliphatic rings. The zero-order valence-corrected chi connectivity index (χ0v) is 12.7. The molecule has 0 saturated carbocycles. The first-order valence-corrected chi connectivity index (χ1v) is 7.16. The van der Waals surface area contributed by atoms with Gasteiger partial charge in [0.1, 0.15) is 11.6 Å². The molecule has 0 unspecified atom stereocenters. The van der Waals surface area contributed by atoms with Gasteiger partial charge in [-0.3, -0.25) is 0 Å². The van der Waals surface area contributed by atoms with Crippen LogP contribution in [-0.4, -0.2) is 25.3 Å². The molecule has 0 aliphatic carbocycles. The highest BCUT2D eigenvalue weighted by Crippen LogP contribution is 2.29. The average Bonchev–Trinajstić information content (AvgIpc) is 2.44. The highest BCUT2D eigenvalue weighted by Gasteiger charge is 2.16. The van der Waals surface area contributed by atoms with Crippen molar-refractivity contribution < 1.29 is 13.9 Å². The quantitative estimate of drug-likeness (QED) is 0.660. The third kappa shape index (κ3) is 4.32. The van der Waals surface area contributed by atoms with Crippen LogP contribution in [0.4, 0.5) is 4.39 Å². The number of hydrogen-bond donors (Lipinski definition) is 2. The van der Waals surface area contributed by atoms with Crippen molar-refractivity contribution in [3.8, 4) is 5.75 Å². The van der Waals surface area contributed by atoms with E-state index in [-0.39, 0.29) is 18.7 Å². The van der Waals surface area contributed by atoms with Gasteiger partial charge in [0.25, 0.3) is 0 Å². The Balaban J connectivity index is 2.19. The fraction of sp³-hybridized carbons (Fsp3) is 0.533. The molecule has 0 radical (unpaired) electrons. The lowest BCUT2D eigenvalue weighted by molar-refractivity contribution is -0.0172. The lowest BCUT2D eigenvalue weighted by Crippen LogP contribution is -2.41. The SMILES string of the molecule is CCNC(=NCc1cc(F)cc2c1OCOC2)NC(C)C. The van der Waals surface area contributed by atoms with Crippen molar-refractivity contribution in [3.63, 3.8) is 0 Å². The van der Waals surface area contributed by atoms with Gasteiger partial charge >= 0.3 is 0 Å². The van der Waals surface area contributed by atoms with Crippen LogP contribution in [-0.2, 0) is 17.9 Å². The number of guanidine groups is 1. The van der Waals surface area contributed by atoms with E-state index in [0.717, 1.165) is 17.7 Å². The molecule has 0 atom stereocenters. The number of nitrogens with zero attached hydrogens (tertiary/aromatic N) is 1. The van der Waals surface area contributed by atoms with Crippen LogP contribution in [0.25, 0.3) is 0 Å². The van der Waals surface area contributed by atoms with Gasteiger partial charge in [-0.1, -0.05) is 0 Å². The fourth-order valence-electron chi connectivity index (χ4n) is 2.13. The van der Waals surface area contributed by atoms with E-state index >= 15 is 0 Å². The molecule has 2 N–H and O–H groups in total. The van der Waals surface area contributed by atoms with Crippen LogP contribution in [0.2, 0.25) is 0 Å². The lowest BCUT2D eigenvalue weighted by Gasteiger charge is -2.20. The summed E-state index contributed by atoms with van der Waals surface area (Å²) in [5.41, 5.74) is 1.46. The molecule has 1 heterocycles. The molecule has 0 spiro atoms. The second-order valence-corrected chi connectivity index (χ2v) is 5.16. The topological polar surface area (TPSA) is 54.9 Å². The fourth-order valence-corrected chi connectivity index (χ4v) is 2.13. The maximum atomic E-state index is 13.6. The zero-order valence-electron chi connectivity index (χ0n) is 12.7. The van der Waals surface area contributed by atoms with Gasteiger partial charge in [0.15, 0.2) is 12.8 Å². The zero-order chi connectivity index (χ0) is 15.2. The standard InChI is InChI=1S/C15H22FN3O2/c1-4-17-15(19-10(2)3)18-7-11-5-13(16)6-12-8-20-9-21-14(11)12/h5-6,10H,4,7-9H2,1-3H3,(H2,17,18,19). The Labute approximate surface area is 124 Å². The van der Waals surface area contributed by atoms with E-state index in [2.05, 4.69) is 15.6 Å². The number of rotatable bonds is 4. The van der Waals surface area contributed by atoms with Crippen molar-refractivity contribution in [1.82, 2.24) is 10.6 Å². The predicted octanol–water partition coefficient (Wildman–Crippen LogP) is 2.16. The minimum Gasteiger partial charge on any atom is -0.467 e. The summed E-state index contributed by atoms with van der Waals surface area (Å²) in [4.78, 5) is 4.48. The van der Waals surface area contributed by atoms with Crippen LogP contribution in [0.1, 0.15) is 31.9 Å². The summed E-state index contributed by atoms with van der Waals surface area (Å²) in [6.45, 7) is 7.76. The van der Waals surface area contributed by atoms with Gasteiger partial charge in [-0.2, -0.15) is 0 Å². The number of ether oxygens (including phenoxy) is 2. The normalized spacial score (nSPS) is 14.6. The first-order chi connectivity index (χ1) is 10.1. The van der Waals surface area contributed by atoms with Gasteiger partial charge in [-0.25, -0.2) is 9.38 Å². The molecular formula is C15H22FN3O2. The Bertz CT molecular complexity index is 518. The van der Waals surface area contributed by atoms with Crippen LogP contribution in [0.3, 0.4) is 0 Å². The molecule has 1 aliphatic heterocycles. The van der Waals surface area contributed by atoms with Gasteiger partial charge in [-0.15, -0.1) is 0 Å². The van der Waals surface area contributed by atoms with Crippen LogP contribution >= 0.6 is 0 Å². The van der Waals surface area contributed by atoms with E-state index in [9.17, 15) is 4.39 Å². The Morgan fingerprint density at radius 2 is 2.24 bits per heavy atom. The Hall–Kier alpha value is -1.82. The van der Waals surface area contributed by atoms with E-state index in [4.69, 9.17) is 9.47 Å². The predicted molar refractivity (Wildman–Crippen MR) is 79.8 cm³/mol. The van der Waals surface area contributed by atoms with E-state index in [1.807, 2.05) is 20.8 Å². The number of hydrogen-bond acceptors (Lipinski definition) is 3. The van der Waals surface area contributed by atoms with Crippen molar-refractivity contribution in [2.45, 2.75) is 40.0 Å². The summed E-state index contributed by atoms with van der Waals surface area (Å²) in [6, 6.07) is 3.18. The van der Waals surface area contributed by atoms with Crippen LogP contribution in [0, 0.1) is 5.82 Å². The largest absolute Gasteiger partial charge is 0.467 e. The molecule has 116 valence electrons. The Morgan fingerprint density at radius 3 is 2.95 bits per heavy atom. The Kier molecular flexibility index (Phi) is 5.38. The van der Waals surface area contributed by atoms with Gasteiger partial charge in [-0.05, 0) is 32.9 Å². The van der Waals surface area contributed by atoms with Crippen LogP contribution < -0.4 is 15.4 Å². The summed E-state index contributed by atoms with van der Waals surface area (Å²) in [5, 5.41) is 6.38. The maximum Gasteiger partial charge on any atom is 0.191 e. The molecule has 5 nitrogen and oxygen atoms in total. The molecule has 6 heteroatoms. The van der Waals surface area contributed by atoms with Crippen molar-refractivity contribution in [2.24, 2.45) is 4.99 Å². The van der Waals surface area contributed by atoms with Crippen molar-refractivity contribution in [1.29, 1.82) is 0 Å². The molecule has 0 aromatic heterocycles. The summed E-state index contributed by atoms with van der Waals surface area (Å²) in [6.07, 6.45) is 0.